The van der Waals surface area contributed by atoms with Gasteiger partial charge in [-0.05, 0) is 48.7 Å². The lowest BCUT2D eigenvalue weighted by Gasteiger charge is -2.09. The Kier molecular flexibility index (Phi) is 5.12. The molecule has 0 saturated heterocycles. The van der Waals surface area contributed by atoms with Gasteiger partial charge in [-0.3, -0.25) is 4.79 Å². The summed E-state index contributed by atoms with van der Waals surface area (Å²) in [6.45, 7) is 4.05. The van der Waals surface area contributed by atoms with Crippen molar-refractivity contribution < 1.29 is 14.3 Å². The molecule has 2 aromatic carbocycles. The smallest absolute Gasteiger partial charge is 0.254 e. The van der Waals surface area contributed by atoms with Crippen molar-refractivity contribution in [3.63, 3.8) is 0 Å². The zero-order valence-corrected chi connectivity index (χ0v) is 15.8. The molecule has 7 heteroatoms. The lowest BCUT2D eigenvalue weighted by atomic mass is 10.1. The molecule has 0 aliphatic heterocycles. The molecule has 2 N–H and O–H groups in total. The fourth-order valence-electron chi connectivity index (χ4n) is 2.75. The fourth-order valence-corrected chi connectivity index (χ4v) is 2.75. The Balaban J connectivity index is 1.85. The summed E-state index contributed by atoms with van der Waals surface area (Å²) in [6, 6.07) is 11.2. The number of aromatic nitrogens is 3. The van der Waals surface area contributed by atoms with Crippen LogP contribution in [0.2, 0.25) is 0 Å². The first-order valence-electron chi connectivity index (χ1n) is 8.47. The van der Waals surface area contributed by atoms with E-state index in [9.17, 15) is 4.79 Å². The third-order valence-electron chi connectivity index (χ3n) is 4.44. The van der Waals surface area contributed by atoms with Gasteiger partial charge in [0.2, 0.25) is 5.95 Å². The number of aryl methyl sites for hydroxylation is 2. The number of nitrogen functional groups attached to an aromatic ring is 1. The molecule has 0 atom stereocenters. The molecule has 3 rings (SSSR count). The number of nitrogens with two attached hydrogens (primary N) is 1. The van der Waals surface area contributed by atoms with Gasteiger partial charge >= 0.3 is 0 Å². The normalized spacial score (nSPS) is 10.7. The zero-order valence-electron chi connectivity index (χ0n) is 15.8. The van der Waals surface area contributed by atoms with Crippen LogP contribution in [0.25, 0.3) is 11.4 Å². The van der Waals surface area contributed by atoms with Gasteiger partial charge in [-0.25, -0.2) is 0 Å². The molecule has 1 aromatic heterocycles. The number of nitrogens with zero attached hydrogens (tertiary/aromatic N) is 3. The number of anilines is 1. The van der Waals surface area contributed by atoms with Gasteiger partial charge in [-0.15, -0.1) is 5.10 Å². The highest BCUT2D eigenvalue weighted by molar-refractivity contribution is 5.83. The second-order valence-corrected chi connectivity index (χ2v) is 6.26. The molecule has 0 amide bonds. The van der Waals surface area contributed by atoms with Crippen molar-refractivity contribution in [2.24, 2.45) is 0 Å². The minimum atomic E-state index is -0.276. The van der Waals surface area contributed by atoms with Gasteiger partial charge in [0.05, 0.1) is 20.6 Å². The van der Waals surface area contributed by atoms with Crippen molar-refractivity contribution >= 4 is 11.9 Å². The van der Waals surface area contributed by atoms with Crippen molar-refractivity contribution in [3.05, 3.63) is 53.1 Å². The Hall–Kier alpha value is -3.35. The van der Waals surface area contributed by atoms with Gasteiger partial charge in [0.1, 0.15) is 0 Å². The van der Waals surface area contributed by atoms with E-state index >= 15 is 0 Å². The Bertz CT molecular complexity index is 995. The van der Waals surface area contributed by atoms with Crippen molar-refractivity contribution in [1.29, 1.82) is 0 Å². The van der Waals surface area contributed by atoms with E-state index in [1.807, 2.05) is 32.0 Å². The van der Waals surface area contributed by atoms with Crippen LogP contribution >= 0.6 is 0 Å². The number of hydrogen-bond donors (Lipinski definition) is 1. The topological polar surface area (TPSA) is 92.3 Å². The summed E-state index contributed by atoms with van der Waals surface area (Å²) >= 11 is 0. The quantitative estimate of drug-likeness (QED) is 0.746. The first-order valence-corrected chi connectivity index (χ1v) is 8.47. The number of carbonyl (C=O) groups excluding carboxylic acids is 1. The van der Waals surface area contributed by atoms with Crippen LogP contribution < -0.4 is 15.2 Å². The van der Waals surface area contributed by atoms with Gasteiger partial charge in [0.15, 0.2) is 17.3 Å². The molecule has 0 radical (unpaired) electrons. The maximum absolute atomic E-state index is 12.7. The maximum Gasteiger partial charge on any atom is 0.254 e. The largest absolute Gasteiger partial charge is 0.493 e. The maximum atomic E-state index is 12.7. The predicted octanol–water partition coefficient (Wildman–Crippen LogP) is 3.04. The SMILES string of the molecule is COc1ccc(CC(=O)n2nc(-c3ccc(C)c(C)c3)nc2N)cc1OC. The Morgan fingerprint density at radius 2 is 1.78 bits per heavy atom. The molecule has 1 heterocycles. The second-order valence-electron chi connectivity index (χ2n) is 6.26. The number of rotatable bonds is 5. The van der Waals surface area contributed by atoms with Crippen LogP contribution in [0.5, 0.6) is 11.5 Å². The van der Waals surface area contributed by atoms with E-state index in [1.54, 1.807) is 32.4 Å². The molecule has 0 unspecified atom stereocenters. The summed E-state index contributed by atoms with van der Waals surface area (Å²) in [5, 5.41) is 4.30. The first kappa shape index (κ1) is 18.4. The van der Waals surface area contributed by atoms with Crippen molar-refractivity contribution in [2.75, 3.05) is 20.0 Å². The number of ether oxygens (including phenoxy) is 2. The highest BCUT2D eigenvalue weighted by atomic mass is 16.5. The average molecular weight is 366 g/mol. The zero-order chi connectivity index (χ0) is 19.6. The molecule has 3 aromatic rings. The van der Waals surface area contributed by atoms with E-state index in [0.29, 0.717) is 17.3 Å². The number of carbonyl (C=O) groups is 1. The van der Waals surface area contributed by atoms with E-state index < -0.39 is 0 Å². The van der Waals surface area contributed by atoms with E-state index in [4.69, 9.17) is 15.2 Å². The summed E-state index contributed by atoms with van der Waals surface area (Å²) in [4.78, 5) is 16.9. The molecular formula is C20H22N4O3. The van der Waals surface area contributed by atoms with E-state index in [-0.39, 0.29) is 18.3 Å². The number of benzene rings is 2. The summed E-state index contributed by atoms with van der Waals surface area (Å²) in [7, 11) is 3.11. The summed E-state index contributed by atoms with van der Waals surface area (Å²) in [5.74, 6) is 1.38. The van der Waals surface area contributed by atoms with E-state index in [0.717, 1.165) is 21.4 Å². The molecule has 0 aliphatic rings. The van der Waals surface area contributed by atoms with Crippen LogP contribution in [0.1, 0.15) is 21.5 Å². The van der Waals surface area contributed by atoms with Crippen molar-refractivity contribution in [3.8, 4) is 22.9 Å². The average Bonchev–Trinajstić information content (AvgIpc) is 3.05. The van der Waals surface area contributed by atoms with Gasteiger partial charge < -0.3 is 15.2 Å². The molecule has 0 fully saturated rings. The molecule has 140 valence electrons. The fraction of sp³-hybridized carbons (Fsp3) is 0.250. The van der Waals surface area contributed by atoms with Crippen LogP contribution in [0, 0.1) is 13.8 Å². The van der Waals surface area contributed by atoms with Crippen LogP contribution in [-0.2, 0) is 6.42 Å². The van der Waals surface area contributed by atoms with Gasteiger partial charge in [0, 0.05) is 5.56 Å². The Labute approximate surface area is 157 Å². The number of methoxy groups -OCH3 is 2. The highest BCUT2D eigenvalue weighted by Crippen LogP contribution is 2.28. The van der Waals surface area contributed by atoms with Crippen molar-refractivity contribution in [1.82, 2.24) is 14.8 Å². The van der Waals surface area contributed by atoms with E-state index in [2.05, 4.69) is 10.1 Å². The summed E-state index contributed by atoms with van der Waals surface area (Å²) < 4.78 is 11.6. The lowest BCUT2D eigenvalue weighted by Crippen LogP contribution is -2.17. The molecule has 7 nitrogen and oxygen atoms in total. The predicted molar refractivity (Wildman–Crippen MR) is 103 cm³/mol. The Morgan fingerprint density at radius 3 is 2.44 bits per heavy atom. The molecule has 0 saturated carbocycles. The summed E-state index contributed by atoms with van der Waals surface area (Å²) in [6.07, 6.45) is 0.111. The second kappa shape index (κ2) is 7.49. The van der Waals surface area contributed by atoms with Crippen LogP contribution in [0.4, 0.5) is 5.95 Å². The standard InChI is InChI=1S/C20H22N4O3/c1-12-5-7-15(9-13(12)2)19-22-20(21)24(23-19)18(25)11-14-6-8-16(26-3)17(10-14)27-4/h5-10H,11H2,1-4H3,(H2,21,22,23). The molecule has 0 bridgehead atoms. The minimum absolute atomic E-state index is 0.0636. The minimum Gasteiger partial charge on any atom is -0.493 e. The van der Waals surface area contributed by atoms with E-state index in [1.165, 1.54) is 5.56 Å². The van der Waals surface area contributed by atoms with Gasteiger partial charge in [0.25, 0.3) is 5.91 Å². The monoisotopic (exact) mass is 366 g/mol. The van der Waals surface area contributed by atoms with Gasteiger partial charge in [-0.2, -0.15) is 9.67 Å². The molecule has 0 spiro atoms. The number of hydrogen-bond acceptors (Lipinski definition) is 6. The van der Waals surface area contributed by atoms with Crippen LogP contribution in [0.3, 0.4) is 0 Å². The highest BCUT2D eigenvalue weighted by Gasteiger charge is 2.17. The van der Waals surface area contributed by atoms with Gasteiger partial charge in [-0.1, -0.05) is 18.2 Å². The summed E-state index contributed by atoms with van der Waals surface area (Å²) in [5.41, 5.74) is 9.81. The Morgan fingerprint density at radius 1 is 1.04 bits per heavy atom. The van der Waals surface area contributed by atoms with Crippen LogP contribution in [-0.4, -0.2) is 34.9 Å². The molecule has 27 heavy (non-hydrogen) atoms. The third-order valence-corrected chi connectivity index (χ3v) is 4.44. The first-order chi connectivity index (χ1) is 12.9. The lowest BCUT2D eigenvalue weighted by molar-refractivity contribution is 0.0901. The van der Waals surface area contributed by atoms with Crippen molar-refractivity contribution in [2.45, 2.75) is 20.3 Å². The van der Waals surface area contributed by atoms with Crippen LogP contribution in [0.15, 0.2) is 36.4 Å². The molecular weight excluding hydrogens is 344 g/mol. The third kappa shape index (κ3) is 3.76. The molecule has 0 aliphatic carbocycles.